The Kier molecular flexibility index (Phi) is 6.86. The molecule has 1 fully saturated rings. The van der Waals surface area contributed by atoms with E-state index in [-0.39, 0.29) is 5.91 Å². The van der Waals surface area contributed by atoms with E-state index in [2.05, 4.69) is 72.2 Å². The van der Waals surface area contributed by atoms with Crippen LogP contribution in [0, 0.1) is 0 Å². The fourth-order valence-electron chi connectivity index (χ4n) is 5.05. The van der Waals surface area contributed by atoms with Gasteiger partial charge in [-0.15, -0.1) is 0 Å². The number of rotatable bonds is 6. The standard InChI is InChI=1S/C26H35N3O/c1-3-27(4-2)19-23-13-9-10-18-28(23)20-26(30)29-24-14-7-5-11-21(24)16-17-22-12-6-8-15-25(22)29/h5-8,11-12,14-15,23H,3-4,9-10,13,16-20H2,1-2H3. The summed E-state index contributed by atoms with van der Waals surface area (Å²) in [5.74, 6) is 0.197. The lowest BCUT2D eigenvalue weighted by atomic mass is 10.0. The van der Waals surface area contributed by atoms with Crippen LogP contribution in [0.2, 0.25) is 0 Å². The van der Waals surface area contributed by atoms with Crippen molar-refractivity contribution in [1.82, 2.24) is 9.80 Å². The normalized spacial score (nSPS) is 19.3. The second-order valence-electron chi connectivity index (χ2n) is 8.59. The van der Waals surface area contributed by atoms with Crippen molar-refractivity contribution in [3.05, 3.63) is 59.7 Å². The van der Waals surface area contributed by atoms with Crippen LogP contribution in [0.5, 0.6) is 0 Å². The molecule has 0 aromatic heterocycles. The third-order valence-electron chi connectivity index (χ3n) is 6.83. The number of amides is 1. The Balaban J connectivity index is 1.61. The van der Waals surface area contributed by atoms with Crippen LogP contribution < -0.4 is 4.90 Å². The first kappa shape index (κ1) is 21.1. The van der Waals surface area contributed by atoms with Crippen molar-refractivity contribution >= 4 is 17.3 Å². The first-order valence-corrected chi connectivity index (χ1v) is 11.7. The van der Waals surface area contributed by atoms with E-state index in [9.17, 15) is 4.79 Å². The molecular formula is C26H35N3O. The number of fused-ring (bicyclic) bond motifs is 2. The molecular weight excluding hydrogens is 370 g/mol. The molecule has 0 aliphatic carbocycles. The summed E-state index contributed by atoms with van der Waals surface area (Å²) >= 11 is 0. The smallest absolute Gasteiger partial charge is 0.245 e. The Morgan fingerprint density at radius 2 is 1.53 bits per heavy atom. The van der Waals surface area contributed by atoms with E-state index < -0.39 is 0 Å². The second-order valence-corrected chi connectivity index (χ2v) is 8.59. The first-order valence-electron chi connectivity index (χ1n) is 11.7. The van der Waals surface area contributed by atoms with Gasteiger partial charge in [0.25, 0.3) is 0 Å². The number of benzene rings is 2. The zero-order valence-electron chi connectivity index (χ0n) is 18.5. The number of aryl methyl sites for hydroxylation is 2. The molecule has 0 N–H and O–H groups in total. The average Bonchev–Trinajstić information content (AvgIpc) is 2.95. The van der Waals surface area contributed by atoms with Crippen molar-refractivity contribution in [2.45, 2.75) is 52.0 Å². The Bertz CT molecular complexity index is 813. The van der Waals surface area contributed by atoms with Crippen LogP contribution in [0.15, 0.2) is 48.5 Å². The summed E-state index contributed by atoms with van der Waals surface area (Å²) in [6.07, 6.45) is 5.61. The van der Waals surface area contributed by atoms with Gasteiger partial charge in [-0.05, 0) is 68.6 Å². The van der Waals surface area contributed by atoms with Crippen molar-refractivity contribution < 1.29 is 4.79 Å². The van der Waals surface area contributed by atoms with Crippen LogP contribution in [0.3, 0.4) is 0 Å². The van der Waals surface area contributed by atoms with Crippen LogP contribution in [0.1, 0.15) is 44.2 Å². The van der Waals surface area contributed by atoms with Gasteiger partial charge in [0, 0.05) is 12.6 Å². The molecule has 1 amide bonds. The minimum absolute atomic E-state index is 0.197. The predicted octanol–water partition coefficient (Wildman–Crippen LogP) is 4.65. The third-order valence-corrected chi connectivity index (χ3v) is 6.83. The van der Waals surface area contributed by atoms with Gasteiger partial charge in [0.05, 0.1) is 17.9 Å². The van der Waals surface area contributed by atoms with Crippen LogP contribution in [0.25, 0.3) is 0 Å². The van der Waals surface area contributed by atoms with Gasteiger partial charge in [0.1, 0.15) is 0 Å². The molecule has 2 heterocycles. The van der Waals surface area contributed by atoms with Crippen LogP contribution in [-0.4, -0.2) is 54.5 Å². The maximum atomic E-state index is 13.8. The lowest BCUT2D eigenvalue weighted by Crippen LogP contribution is -2.50. The molecule has 30 heavy (non-hydrogen) atoms. The zero-order chi connectivity index (χ0) is 20.9. The monoisotopic (exact) mass is 405 g/mol. The summed E-state index contributed by atoms with van der Waals surface area (Å²) in [6.45, 7) is 9.18. The lowest BCUT2D eigenvalue weighted by Gasteiger charge is -2.39. The fourth-order valence-corrected chi connectivity index (χ4v) is 5.05. The minimum atomic E-state index is 0.197. The highest BCUT2D eigenvalue weighted by Gasteiger charge is 2.30. The second kappa shape index (κ2) is 9.76. The van der Waals surface area contributed by atoms with Crippen LogP contribution in [0.4, 0.5) is 11.4 Å². The molecule has 1 atom stereocenters. The van der Waals surface area contributed by atoms with Gasteiger partial charge in [-0.25, -0.2) is 0 Å². The molecule has 0 saturated carbocycles. The van der Waals surface area contributed by atoms with E-state index in [4.69, 9.17) is 0 Å². The highest BCUT2D eigenvalue weighted by atomic mass is 16.2. The molecule has 2 aliphatic rings. The summed E-state index contributed by atoms with van der Waals surface area (Å²) in [5, 5.41) is 0. The number of likely N-dealkylation sites (N-methyl/N-ethyl adjacent to an activating group) is 1. The van der Waals surface area contributed by atoms with E-state index in [1.807, 2.05) is 4.90 Å². The summed E-state index contributed by atoms with van der Waals surface area (Å²) in [6, 6.07) is 17.3. The number of hydrogen-bond donors (Lipinski definition) is 0. The van der Waals surface area contributed by atoms with Gasteiger partial charge in [-0.3, -0.25) is 14.6 Å². The van der Waals surface area contributed by atoms with E-state index in [0.717, 1.165) is 50.4 Å². The van der Waals surface area contributed by atoms with Crippen molar-refractivity contribution in [2.24, 2.45) is 0 Å². The van der Waals surface area contributed by atoms with Gasteiger partial charge in [-0.2, -0.15) is 0 Å². The predicted molar refractivity (Wildman–Crippen MR) is 124 cm³/mol. The third kappa shape index (κ3) is 4.45. The summed E-state index contributed by atoms with van der Waals surface area (Å²) in [7, 11) is 0. The van der Waals surface area contributed by atoms with E-state index in [0.29, 0.717) is 12.6 Å². The van der Waals surface area contributed by atoms with Crippen LogP contribution >= 0.6 is 0 Å². The first-order chi connectivity index (χ1) is 14.7. The minimum Gasteiger partial charge on any atom is -0.302 e. The highest BCUT2D eigenvalue weighted by Crippen LogP contribution is 2.36. The number of piperidine rings is 1. The summed E-state index contributed by atoms with van der Waals surface area (Å²) < 4.78 is 0. The molecule has 4 heteroatoms. The molecule has 2 aromatic carbocycles. The van der Waals surface area contributed by atoms with Crippen molar-refractivity contribution in [2.75, 3.05) is 37.6 Å². The molecule has 1 unspecified atom stereocenters. The molecule has 0 bridgehead atoms. The maximum absolute atomic E-state index is 13.8. The molecule has 4 rings (SSSR count). The van der Waals surface area contributed by atoms with E-state index >= 15 is 0 Å². The van der Waals surface area contributed by atoms with Crippen molar-refractivity contribution in [3.8, 4) is 0 Å². The van der Waals surface area contributed by atoms with Gasteiger partial charge in [0.15, 0.2) is 0 Å². The molecule has 2 aliphatic heterocycles. The number of para-hydroxylation sites is 2. The topological polar surface area (TPSA) is 26.8 Å². The van der Waals surface area contributed by atoms with Crippen LogP contribution in [-0.2, 0) is 17.6 Å². The highest BCUT2D eigenvalue weighted by molar-refractivity contribution is 6.03. The molecule has 1 saturated heterocycles. The quantitative estimate of drug-likeness (QED) is 0.700. The Morgan fingerprint density at radius 3 is 2.13 bits per heavy atom. The van der Waals surface area contributed by atoms with E-state index in [1.54, 1.807) is 0 Å². The summed E-state index contributed by atoms with van der Waals surface area (Å²) in [5.41, 5.74) is 4.65. The maximum Gasteiger partial charge on any atom is 0.245 e. The Morgan fingerprint density at radius 1 is 0.933 bits per heavy atom. The molecule has 0 radical (unpaired) electrons. The fraction of sp³-hybridized carbons (Fsp3) is 0.500. The van der Waals surface area contributed by atoms with Gasteiger partial charge < -0.3 is 4.90 Å². The summed E-state index contributed by atoms with van der Waals surface area (Å²) in [4.78, 5) is 20.7. The Labute approximate surface area is 181 Å². The number of likely N-dealkylation sites (tertiary alicyclic amines) is 1. The zero-order valence-corrected chi connectivity index (χ0v) is 18.5. The number of hydrogen-bond acceptors (Lipinski definition) is 3. The van der Waals surface area contributed by atoms with Crippen molar-refractivity contribution in [1.29, 1.82) is 0 Å². The number of carbonyl (C=O) groups excluding carboxylic acids is 1. The largest absolute Gasteiger partial charge is 0.302 e. The SMILES string of the molecule is CCN(CC)CC1CCCCN1CC(=O)N1c2ccccc2CCc2ccccc21. The molecule has 4 nitrogen and oxygen atoms in total. The van der Waals surface area contributed by atoms with Gasteiger partial charge in [0.2, 0.25) is 5.91 Å². The van der Waals surface area contributed by atoms with E-state index in [1.165, 1.54) is 30.4 Å². The molecule has 160 valence electrons. The molecule has 0 spiro atoms. The number of nitrogens with zero attached hydrogens (tertiary/aromatic N) is 3. The molecule has 2 aromatic rings. The number of anilines is 2. The van der Waals surface area contributed by atoms with Crippen molar-refractivity contribution in [3.63, 3.8) is 0 Å². The lowest BCUT2D eigenvalue weighted by molar-refractivity contribution is -0.120. The van der Waals surface area contributed by atoms with Gasteiger partial charge in [-0.1, -0.05) is 56.7 Å². The number of carbonyl (C=O) groups is 1. The average molecular weight is 406 g/mol. The Hall–Kier alpha value is -2.17. The van der Waals surface area contributed by atoms with Gasteiger partial charge >= 0.3 is 0 Å².